The van der Waals surface area contributed by atoms with Crippen LogP contribution in [0.25, 0.3) is 0 Å². The zero-order chi connectivity index (χ0) is 12.8. The molecule has 94 valence electrons. The summed E-state index contributed by atoms with van der Waals surface area (Å²) in [5.74, 6) is -0.262. The average Bonchev–Trinajstić information content (AvgIpc) is 2.25. The maximum atomic E-state index is 11.6. The van der Waals surface area contributed by atoms with Crippen molar-refractivity contribution in [1.29, 1.82) is 0 Å². The zero-order valence-corrected chi connectivity index (χ0v) is 11.0. The molecule has 0 bridgehead atoms. The highest BCUT2D eigenvalue weighted by Crippen LogP contribution is 2.07. The second-order valence-corrected chi connectivity index (χ2v) is 4.25. The molecule has 0 aliphatic rings. The monoisotopic (exact) mass is 303 g/mol. The number of aromatic nitrogens is 1. The van der Waals surface area contributed by atoms with E-state index in [1.165, 1.54) is 16.8 Å². The van der Waals surface area contributed by atoms with Gasteiger partial charge in [0.2, 0.25) is 5.91 Å². The fraction of sp³-hybridized carbons (Fsp3) is 0.400. The fourth-order valence-corrected chi connectivity index (χ4v) is 1.73. The normalized spacial score (nSPS) is 10.2. The van der Waals surface area contributed by atoms with Gasteiger partial charge < -0.3 is 20.4 Å². The molecule has 1 aromatic heterocycles. The van der Waals surface area contributed by atoms with Crippen molar-refractivity contribution in [3.8, 4) is 0 Å². The molecule has 0 aromatic carbocycles. The summed E-state index contributed by atoms with van der Waals surface area (Å²) in [4.78, 5) is 23.1. The van der Waals surface area contributed by atoms with E-state index in [9.17, 15) is 9.59 Å². The fourth-order valence-electron chi connectivity index (χ4n) is 1.24. The lowest BCUT2D eigenvalue weighted by atomic mass is 10.4. The molecule has 0 unspecified atom stereocenters. The number of hydrogen-bond acceptors (Lipinski definition) is 4. The van der Waals surface area contributed by atoms with Gasteiger partial charge in [0, 0.05) is 25.5 Å². The van der Waals surface area contributed by atoms with Gasteiger partial charge in [-0.2, -0.15) is 0 Å². The van der Waals surface area contributed by atoms with Crippen LogP contribution >= 0.6 is 15.9 Å². The van der Waals surface area contributed by atoms with Crippen LogP contribution in [0.2, 0.25) is 0 Å². The number of halogens is 1. The van der Waals surface area contributed by atoms with E-state index < -0.39 is 0 Å². The van der Waals surface area contributed by atoms with Crippen molar-refractivity contribution in [1.82, 2.24) is 9.88 Å². The van der Waals surface area contributed by atoms with Crippen LogP contribution in [0.3, 0.4) is 0 Å². The lowest BCUT2D eigenvalue weighted by Crippen LogP contribution is -2.34. The molecule has 0 saturated heterocycles. The number of carbonyl (C=O) groups is 1. The minimum Gasteiger partial charge on any atom is -0.398 e. The van der Waals surface area contributed by atoms with Crippen molar-refractivity contribution in [2.75, 3.05) is 26.0 Å². The number of methoxy groups -OCH3 is 1. The highest BCUT2D eigenvalue weighted by atomic mass is 79.9. The molecule has 0 fully saturated rings. The summed E-state index contributed by atoms with van der Waals surface area (Å²) in [5, 5.41) is 2.62. The predicted octanol–water partition coefficient (Wildman–Crippen LogP) is -0.0444. The van der Waals surface area contributed by atoms with Gasteiger partial charge >= 0.3 is 0 Å². The third-order valence-electron chi connectivity index (χ3n) is 2.01. The number of pyridine rings is 1. The van der Waals surface area contributed by atoms with Gasteiger partial charge in [-0.1, -0.05) is 0 Å². The highest BCUT2D eigenvalue weighted by molar-refractivity contribution is 9.10. The number of nitrogens with two attached hydrogens (primary N) is 1. The molecular formula is C10H14BrN3O3. The summed E-state index contributed by atoms with van der Waals surface area (Å²) in [5.41, 5.74) is 5.71. The Morgan fingerprint density at radius 3 is 3.00 bits per heavy atom. The molecule has 0 atom stereocenters. The summed E-state index contributed by atoms with van der Waals surface area (Å²) in [6.45, 7) is 0.779. The van der Waals surface area contributed by atoms with E-state index in [0.29, 0.717) is 23.3 Å². The van der Waals surface area contributed by atoms with Crippen molar-refractivity contribution >= 4 is 27.5 Å². The van der Waals surface area contributed by atoms with Crippen LogP contribution in [0.1, 0.15) is 0 Å². The van der Waals surface area contributed by atoms with Crippen molar-refractivity contribution in [3.63, 3.8) is 0 Å². The van der Waals surface area contributed by atoms with Gasteiger partial charge in [-0.15, -0.1) is 0 Å². The molecule has 7 heteroatoms. The molecule has 0 radical (unpaired) electrons. The summed E-state index contributed by atoms with van der Waals surface area (Å²) in [6.07, 6.45) is 1.43. The summed E-state index contributed by atoms with van der Waals surface area (Å²) >= 11 is 3.09. The Balaban J connectivity index is 2.68. The minimum absolute atomic E-state index is 0.0633. The number of carbonyl (C=O) groups excluding carboxylic acids is 1. The number of ether oxygens (including phenoxy) is 1. The van der Waals surface area contributed by atoms with E-state index in [2.05, 4.69) is 21.2 Å². The number of hydrogen-bond donors (Lipinski definition) is 2. The van der Waals surface area contributed by atoms with Gasteiger partial charge in [-0.05, 0) is 22.0 Å². The molecular weight excluding hydrogens is 290 g/mol. The molecule has 1 heterocycles. The Labute approximate surface area is 107 Å². The standard InChI is InChI=1S/C10H14BrN3O3/c1-17-3-2-13-9(15)6-14-5-7(12)4-8(11)10(14)16/h4-5H,2-3,6,12H2,1H3,(H,13,15). The van der Waals surface area contributed by atoms with Crippen LogP contribution in [-0.4, -0.2) is 30.7 Å². The van der Waals surface area contributed by atoms with Gasteiger partial charge in [-0.25, -0.2) is 0 Å². The molecule has 1 rings (SSSR count). The van der Waals surface area contributed by atoms with Crippen LogP contribution in [0, 0.1) is 0 Å². The first-order valence-electron chi connectivity index (χ1n) is 4.95. The van der Waals surface area contributed by atoms with E-state index in [0.717, 1.165) is 0 Å². The SMILES string of the molecule is COCCNC(=O)Cn1cc(N)cc(Br)c1=O. The van der Waals surface area contributed by atoms with E-state index in [1.807, 2.05) is 0 Å². The summed E-state index contributed by atoms with van der Waals surface area (Å²) in [6, 6.07) is 1.50. The Morgan fingerprint density at radius 1 is 1.65 bits per heavy atom. The van der Waals surface area contributed by atoms with Gasteiger partial charge in [-0.3, -0.25) is 9.59 Å². The maximum Gasteiger partial charge on any atom is 0.265 e. The van der Waals surface area contributed by atoms with E-state index in [-0.39, 0.29) is 18.0 Å². The molecule has 1 aromatic rings. The number of nitrogens with zero attached hydrogens (tertiary/aromatic N) is 1. The Morgan fingerprint density at radius 2 is 2.35 bits per heavy atom. The first-order valence-corrected chi connectivity index (χ1v) is 5.75. The second kappa shape index (κ2) is 6.41. The van der Waals surface area contributed by atoms with E-state index in [4.69, 9.17) is 10.5 Å². The second-order valence-electron chi connectivity index (χ2n) is 3.40. The predicted molar refractivity (Wildman–Crippen MR) is 67.7 cm³/mol. The molecule has 0 spiro atoms. The Hall–Kier alpha value is -1.34. The van der Waals surface area contributed by atoms with Crippen molar-refractivity contribution in [2.45, 2.75) is 6.54 Å². The van der Waals surface area contributed by atoms with E-state index in [1.54, 1.807) is 7.11 Å². The highest BCUT2D eigenvalue weighted by Gasteiger charge is 2.07. The van der Waals surface area contributed by atoms with Gasteiger partial charge in [0.05, 0.1) is 11.1 Å². The van der Waals surface area contributed by atoms with Crippen molar-refractivity contribution in [3.05, 3.63) is 27.1 Å². The van der Waals surface area contributed by atoms with Gasteiger partial charge in [0.15, 0.2) is 0 Å². The van der Waals surface area contributed by atoms with Gasteiger partial charge in [0.1, 0.15) is 6.54 Å². The molecule has 3 N–H and O–H groups in total. The third kappa shape index (κ3) is 4.20. The molecule has 6 nitrogen and oxygen atoms in total. The van der Waals surface area contributed by atoms with Crippen LogP contribution in [0.5, 0.6) is 0 Å². The number of nitrogen functional groups attached to an aromatic ring is 1. The minimum atomic E-state index is -0.291. The first kappa shape index (κ1) is 13.7. The summed E-state index contributed by atoms with van der Waals surface area (Å²) < 4.78 is 6.38. The number of amides is 1. The molecule has 0 aliphatic carbocycles. The van der Waals surface area contributed by atoms with Crippen LogP contribution in [0.15, 0.2) is 21.5 Å². The zero-order valence-electron chi connectivity index (χ0n) is 9.40. The Bertz CT molecular complexity index is 459. The molecule has 0 aliphatic heterocycles. The molecule has 0 saturated carbocycles. The lowest BCUT2D eigenvalue weighted by Gasteiger charge is -2.08. The molecule has 1 amide bonds. The first-order chi connectivity index (χ1) is 8.04. The van der Waals surface area contributed by atoms with Crippen molar-refractivity contribution < 1.29 is 9.53 Å². The topological polar surface area (TPSA) is 86.3 Å². The number of rotatable bonds is 5. The Kier molecular flexibility index (Phi) is 5.17. The van der Waals surface area contributed by atoms with E-state index >= 15 is 0 Å². The average molecular weight is 304 g/mol. The lowest BCUT2D eigenvalue weighted by molar-refractivity contribution is -0.121. The smallest absolute Gasteiger partial charge is 0.265 e. The third-order valence-corrected chi connectivity index (χ3v) is 2.57. The number of anilines is 1. The quantitative estimate of drug-likeness (QED) is 0.747. The number of nitrogens with one attached hydrogen (secondary N) is 1. The largest absolute Gasteiger partial charge is 0.398 e. The maximum absolute atomic E-state index is 11.6. The van der Waals surface area contributed by atoms with Crippen LogP contribution < -0.4 is 16.6 Å². The molecule has 17 heavy (non-hydrogen) atoms. The van der Waals surface area contributed by atoms with Gasteiger partial charge in [0.25, 0.3) is 5.56 Å². The summed E-state index contributed by atoms with van der Waals surface area (Å²) in [7, 11) is 1.55. The van der Waals surface area contributed by atoms with Crippen LogP contribution in [0.4, 0.5) is 5.69 Å². The van der Waals surface area contributed by atoms with Crippen LogP contribution in [-0.2, 0) is 16.1 Å². The van der Waals surface area contributed by atoms with Crippen molar-refractivity contribution in [2.24, 2.45) is 0 Å².